The van der Waals surface area contributed by atoms with Crippen LogP contribution in [-0.4, -0.2) is 30.3 Å². The van der Waals surface area contributed by atoms with Gasteiger partial charge in [0.1, 0.15) is 0 Å². The third kappa shape index (κ3) is 4.94. The first-order valence-electron chi connectivity index (χ1n) is 4.32. The highest BCUT2D eigenvalue weighted by Gasteiger charge is 2.08. The smallest absolute Gasteiger partial charge is 0.235 e. The average Bonchev–Trinajstić information content (AvgIpc) is 2.12. The van der Waals surface area contributed by atoms with Gasteiger partial charge in [-0.25, -0.2) is 0 Å². The second kappa shape index (κ2) is 6.13. The molecular weight excluding hydrogens is 294 g/mol. The minimum Gasteiger partial charge on any atom is -0.376 e. The first-order valence-corrected chi connectivity index (χ1v) is 5.54. The van der Waals surface area contributed by atoms with Crippen molar-refractivity contribution in [2.24, 2.45) is 17.2 Å². The van der Waals surface area contributed by atoms with E-state index < -0.39 is 0 Å². The van der Waals surface area contributed by atoms with Crippen molar-refractivity contribution in [3.05, 3.63) is 0 Å². The Bertz CT molecular complexity index is 417. The van der Waals surface area contributed by atoms with Crippen molar-refractivity contribution in [2.45, 2.75) is 0 Å². The minimum absolute atomic E-state index is 0.0104. The predicted octanol–water partition coefficient (Wildman–Crippen LogP) is -1.16. The van der Waals surface area contributed by atoms with Crippen molar-refractivity contribution in [3.8, 4) is 0 Å². The Labute approximate surface area is 118 Å². The normalized spacial score (nSPS) is 9.33. The van der Waals surface area contributed by atoms with E-state index in [0.717, 1.165) is 0 Å². The van der Waals surface area contributed by atoms with E-state index in [1.807, 2.05) is 0 Å². The topological polar surface area (TPSA) is 153 Å². The number of hydrogen-bond donors (Lipinski definition) is 6. The van der Waals surface area contributed by atoms with E-state index in [1.165, 1.54) is 0 Å². The molecular formula is C6H9N9S3. The number of anilines is 3. The van der Waals surface area contributed by atoms with Gasteiger partial charge in [-0.3, -0.25) is 0 Å². The summed E-state index contributed by atoms with van der Waals surface area (Å²) in [6.07, 6.45) is 0. The highest BCUT2D eigenvalue weighted by atomic mass is 32.1. The first-order chi connectivity index (χ1) is 8.36. The second-order valence-corrected chi connectivity index (χ2v) is 4.09. The molecule has 9 N–H and O–H groups in total. The summed E-state index contributed by atoms with van der Waals surface area (Å²) in [6.45, 7) is 0. The van der Waals surface area contributed by atoms with Crippen LogP contribution in [-0.2, 0) is 0 Å². The fraction of sp³-hybridized carbons (Fsp3) is 0. The van der Waals surface area contributed by atoms with Crippen LogP contribution in [0, 0.1) is 0 Å². The van der Waals surface area contributed by atoms with Gasteiger partial charge in [-0.2, -0.15) is 15.0 Å². The number of nitrogens with one attached hydrogen (secondary N) is 3. The molecule has 1 aromatic rings. The number of hydrogen-bond acceptors (Lipinski definition) is 6. The molecule has 0 radical (unpaired) electrons. The van der Waals surface area contributed by atoms with Crippen LogP contribution in [0.4, 0.5) is 17.8 Å². The quantitative estimate of drug-likeness (QED) is 0.373. The van der Waals surface area contributed by atoms with Crippen LogP contribution >= 0.6 is 36.7 Å². The molecule has 96 valence electrons. The number of nitrogens with zero attached hydrogens (tertiary/aromatic N) is 3. The lowest BCUT2D eigenvalue weighted by molar-refractivity contribution is 1.08. The highest BCUT2D eigenvalue weighted by Crippen LogP contribution is 2.08. The summed E-state index contributed by atoms with van der Waals surface area (Å²) in [4.78, 5) is 11.8. The van der Waals surface area contributed by atoms with Crippen LogP contribution in [0.5, 0.6) is 0 Å². The molecule has 0 amide bonds. The third-order valence-electron chi connectivity index (χ3n) is 1.34. The molecule has 0 saturated heterocycles. The molecule has 18 heavy (non-hydrogen) atoms. The molecule has 0 aliphatic heterocycles. The molecule has 0 bridgehead atoms. The summed E-state index contributed by atoms with van der Waals surface area (Å²) in [5.74, 6) is 0.278. The summed E-state index contributed by atoms with van der Waals surface area (Å²) in [5.41, 5.74) is 15.9. The van der Waals surface area contributed by atoms with Gasteiger partial charge >= 0.3 is 0 Å². The van der Waals surface area contributed by atoms with Crippen LogP contribution in [0.15, 0.2) is 0 Å². The lowest BCUT2D eigenvalue weighted by Crippen LogP contribution is -2.26. The van der Waals surface area contributed by atoms with Crippen LogP contribution in [0.3, 0.4) is 0 Å². The maximum absolute atomic E-state index is 5.31. The molecule has 0 aromatic carbocycles. The molecule has 12 heteroatoms. The number of nitrogens with two attached hydrogens (primary N) is 3. The lowest BCUT2D eigenvalue weighted by atomic mass is 10.7. The van der Waals surface area contributed by atoms with Crippen molar-refractivity contribution in [1.29, 1.82) is 0 Å². The van der Waals surface area contributed by atoms with Crippen molar-refractivity contribution in [3.63, 3.8) is 0 Å². The van der Waals surface area contributed by atoms with E-state index in [4.69, 9.17) is 17.2 Å². The third-order valence-corrected chi connectivity index (χ3v) is 1.65. The Morgan fingerprint density at radius 1 is 0.667 bits per heavy atom. The van der Waals surface area contributed by atoms with E-state index in [2.05, 4.69) is 67.6 Å². The summed E-state index contributed by atoms with van der Waals surface area (Å²) in [7, 11) is 0. The van der Waals surface area contributed by atoms with Gasteiger partial charge in [-0.1, -0.05) is 0 Å². The molecule has 0 aliphatic carbocycles. The summed E-state index contributed by atoms with van der Waals surface area (Å²) in [6, 6.07) is 0. The molecule has 0 spiro atoms. The van der Waals surface area contributed by atoms with E-state index in [0.29, 0.717) is 0 Å². The molecule has 0 atom stereocenters. The van der Waals surface area contributed by atoms with Gasteiger partial charge in [0.2, 0.25) is 17.8 Å². The van der Waals surface area contributed by atoms with Gasteiger partial charge in [-0.05, 0) is 36.7 Å². The van der Waals surface area contributed by atoms with Crippen LogP contribution in [0.25, 0.3) is 0 Å². The fourth-order valence-electron chi connectivity index (χ4n) is 0.874. The molecule has 1 aromatic heterocycles. The van der Waals surface area contributed by atoms with Gasteiger partial charge < -0.3 is 33.2 Å². The average molecular weight is 303 g/mol. The van der Waals surface area contributed by atoms with Gasteiger partial charge in [0.05, 0.1) is 0 Å². The number of thiocarbonyl (C=S) groups is 3. The standard InChI is InChI=1S/C6H9N9S3/c7-1(16)10-4-13-5(11-2(8)17)15-6(14-4)12-3(9)18/h(H9,7,8,9,10,11,12,13,14,15,16,17,18). The van der Waals surface area contributed by atoms with Gasteiger partial charge in [0.15, 0.2) is 15.3 Å². The Morgan fingerprint density at radius 2 is 0.889 bits per heavy atom. The zero-order valence-corrected chi connectivity index (χ0v) is 11.2. The highest BCUT2D eigenvalue weighted by molar-refractivity contribution is 7.80. The zero-order chi connectivity index (χ0) is 13.7. The van der Waals surface area contributed by atoms with Crippen LogP contribution in [0.1, 0.15) is 0 Å². The van der Waals surface area contributed by atoms with E-state index in [9.17, 15) is 0 Å². The van der Waals surface area contributed by atoms with Crippen LogP contribution < -0.4 is 33.2 Å². The van der Waals surface area contributed by atoms with Gasteiger partial charge in [-0.15, -0.1) is 0 Å². The number of rotatable bonds is 3. The summed E-state index contributed by atoms with van der Waals surface area (Å²) < 4.78 is 0. The summed E-state index contributed by atoms with van der Waals surface area (Å²) in [5, 5.41) is 7.56. The van der Waals surface area contributed by atoms with Crippen LogP contribution in [0.2, 0.25) is 0 Å². The lowest BCUT2D eigenvalue weighted by Gasteiger charge is -2.08. The Morgan fingerprint density at radius 3 is 1.06 bits per heavy atom. The van der Waals surface area contributed by atoms with E-state index >= 15 is 0 Å². The van der Waals surface area contributed by atoms with E-state index in [-0.39, 0.29) is 33.2 Å². The van der Waals surface area contributed by atoms with Crippen molar-refractivity contribution < 1.29 is 0 Å². The molecule has 0 saturated carbocycles. The Kier molecular flexibility index (Phi) is 4.82. The fourth-order valence-corrected chi connectivity index (χ4v) is 1.15. The van der Waals surface area contributed by atoms with Gasteiger partial charge in [0.25, 0.3) is 0 Å². The van der Waals surface area contributed by atoms with Gasteiger partial charge in [0, 0.05) is 0 Å². The van der Waals surface area contributed by atoms with Crippen molar-refractivity contribution >= 4 is 69.8 Å². The molecule has 0 fully saturated rings. The zero-order valence-electron chi connectivity index (χ0n) is 8.80. The molecule has 0 aliphatic rings. The maximum atomic E-state index is 5.31. The Hall–Kier alpha value is -1.92. The molecule has 0 unspecified atom stereocenters. The minimum atomic E-state index is -0.0104. The molecule has 1 heterocycles. The molecule has 9 nitrogen and oxygen atoms in total. The van der Waals surface area contributed by atoms with E-state index in [1.54, 1.807) is 0 Å². The maximum Gasteiger partial charge on any atom is 0.235 e. The van der Waals surface area contributed by atoms with Crippen molar-refractivity contribution in [2.75, 3.05) is 16.0 Å². The Balaban J connectivity index is 3.06. The molecule has 1 rings (SSSR count). The predicted molar refractivity (Wildman–Crippen MR) is 81.1 cm³/mol. The largest absolute Gasteiger partial charge is 0.376 e. The second-order valence-electron chi connectivity index (χ2n) is 2.77. The SMILES string of the molecule is NC(=S)Nc1nc(NC(N)=S)nc(NC(N)=S)n1. The van der Waals surface area contributed by atoms with Crippen molar-refractivity contribution in [1.82, 2.24) is 15.0 Å². The number of aromatic nitrogens is 3. The monoisotopic (exact) mass is 303 g/mol. The first kappa shape index (κ1) is 14.1. The summed E-state index contributed by atoms with van der Waals surface area (Å²) >= 11 is 14.0.